The second kappa shape index (κ2) is 13.9. The average molecular weight is 706 g/mol. The van der Waals surface area contributed by atoms with Gasteiger partial charge in [0.1, 0.15) is 34.3 Å². The molecule has 270 valence electrons. The first-order valence-corrected chi connectivity index (χ1v) is 16.3. The lowest BCUT2D eigenvalue weighted by atomic mass is 9.90. The predicted molar refractivity (Wildman–Crippen MR) is 172 cm³/mol. The second-order valence-electron chi connectivity index (χ2n) is 12.8. The molecule has 50 heavy (non-hydrogen) atoms. The summed E-state index contributed by atoms with van der Waals surface area (Å²) in [6, 6.07) is 3.78. The molecule has 7 N–H and O–H groups in total. The first-order chi connectivity index (χ1) is 23.7. The summed E-state index contributed by atoms with van der Waals surface area (Å²) >= 11 is 0. The molecule has 2 fully saturated rings. The highest BCUT2D eigenvalue weighted by atomic mass is 19.1. The zero-order chi connectivity index (χ0) is 36.0. The number of aliphatic hydroxyl groups is 5. The molecule has 3 aliphatic rings. The van der Waals surface area contributed by atoms with Crippen LogP contribution in [0.15, 0.2) is 24.3 Å². The predicted octanol–water partition coefficient (Wildman–Crippen LogP) is 3.38. The molecule has 7 rings (SSSR count). The van der Waals surface area contributed by atoms with Gasteiger partial charge in [0, 0.05) is 30.1 Å². The van der Waals surface area contributed by atoms with Crippen LogP contribution in [0.4, 0.5) is 19.0 Å². The smallest absolute Gasteiger partial charge is 0.355 e. The van der Waals surface area contributed by atoms with Gasteiger partial charge in [-0.25, -0.2) is 18.2 Å². The number of phenols is 1. The van der Waals surface area contributed by atoms with Crippen LogP contribution in [0, 0.1) is 11.6 Å². The number of halogens is 3. The van der Waals surface area contributed by atoms with Gasteiger partial charge in [-0.15, -0.1) is 0 Å². The third-order valence-corrected chi connectivity index (χ3v) is 9.31. The van der Waals surface area contributed by atoms with E-state index in [2.05, 4.69) is 31.7 Å². The summed E-state index contributed by atoms with van der Waals surface area (Å²) in [6.07, 6.45) is 6.50. The zero-order valence-electron chi connectivity index (χ0n) is 27.1. The number of hydrogen-bond donors (Lipinski definition) is 7. The number of phenolic OH excluding ortho intramolecular Hbond substituents is 1. The van der Waals surface area contributed by atoms with Crippen molar-refractivity contribution >= 4 is 27.5 Å². The third kappa shape index (κ3) is 6.57. The number of aromatic nitrogens is 3. The van der Waals surface area contributed by atoms with E-state index >= 15 is 8.78 Å². The Hall–Kier alpha value is -4.10. The molecule has 2 aromatic heterocycles. The Morgan fingerprint density at radius 2 is 1.80 bits per heavy atom. The molecule has 0 amide bonds. The van der Waals surface area contributed by atoms with Gasteiger partial charge in [0.15, 0.2) is 18.4 Å². The largest absolute Gasteiger partial charge is 0.508 e. The molecule has 5 heterocycles. The molecule has 3 aliphatic heterocycles. The van der Waals surface area contributed by atoms with E-state index in [4.69, 9.17) is 4.74 Å². The summed E-state index contributed by atoms with van der Waals surface area (Å²) < 4.78 is 49.7. The quantitative estimate of drug-likeness (QED) is 0.0578. The minimum absolute atomic E-state index is 0.0309. The van der Waals surface area contributed by atoms with Gasteiger partial charge >= 0.3 is 12.0 Å². The number of alkyl halides is 1. The van der Waals surface area contributed by atoms with Crippen LogP contribution in [0.2, 0.25) is 0 Å². The fourth-order valence-corrected chi connectivity index (χ4v) is 6.90. The third-order valence-electron chi connectivity index (χ3n) is 9.31. The Labute approximate surface area is 283 Å². The van der Waals surface area contributed by atoms with E-state index in [-0.39, 0.29) is 29.2 Å². The summed E-state index contributed by atoms with van der Waals surface area (Å²) in [7, 11) is 0. The first kappa shape index (κ1) is 35.7. The fourth-order valence-electron chi connectivity index (χ4n) is 6.90. The lowest BCUT2D eigenvalue weighted by Crippen LogP contribution is -2.52. The highest BCUT2D eigenvalue weighted by Gasteiger charge is 2.51. The summed E-state index contributed by atoms with van der Waals surface area (Å²) in [6.45, 7) is 4.32. The van der Waals surface area contributed by atoms with Crippen LogP contribution in [-0.2, 0) is 5.79 Å². The first-order valence-electron chi connectivity index (χ1n) is 16.3. The second-order valence-corrected chi connectivity index (χ2v) is 12.8. The van der Waals surface area contributed by atoms with Crippen LogP contribution in [0.5, 0.6) is 17.6 Å². The maximum absolute atomic E-state index is 16.3. The van der Waals surface area contributed by atoms with Crippen LogP contribution in [0.25, 0.3) is 32.9 Å². The molecule has 2 unspecified atom stereocenters. The molecule has 0 radical (unpaired) electrons. The maximum atomic E-state index is 16.3. The summed E-state index contributed by atoms with van der Waals surface area (Å²) in [5.74, 6) is -11.4. The number of nitrogens with zero attached hydrogens (tertiary/aromatic N) is 5. The average Bonchev–Trinajstić information content (AvgIpc) is 3.65. The van der Waals surface area contributed by atoms with Crippen LogP contribution in [0.1, 0.15) is 57.4 Å². The van der Waals surface area contributed by atoms with Crippen molar-refractivity contribution in [1.82, 2.24) is 19.9 Å². The van der Waals surface area contributed by atoms with Gasteiger partial charge in [0.2, 0.25) is 5.88 Å². The Balaban J connectivity index is 0.000000412. The van der Waals surface area contributed by atoms with E-state index in [9.17, 15) is 40.3 Å². The minimum atomic E-state index is -4.27. The Morgan fingerprint density at radius 1 is 1.02 bits per heavy atom. The number of rotatable bonds is 9. The Kier molecular flexibility index (Phi) is 9.93. The molecule has 2 atom stereocenters. The highest BCUT2D eigenvalue weighted by Crippen LogP contribution is 2.45. The molecule has 2 aromatic carbocycles. The van der Waals surface area contributed by atoms with Gasteiger partial charge in [-0.3, -0.25) is 9.79 Å². The molecule has 4 aromatic rings. The topological polar surface area (TPSA) is 205 Å². The van der Waals surface area contributed by atoms with Crippen molar-refractivity contribution in [3.8, 4) is 28.9 Å². The molecular weight excluding hydrogens is 667 g/mol. The van der Waals surface area contributed by atoms with E-state index in [1.165, 1.54) is 12.8 Å². The maximum Gasteiger partial charge on any atom is 0.355 e. The van der Waals surface area contributed by atoms with Gasteiger partial charge in [-0.1, -0.05) is 32.3 Å². The van der Waals surface area contributed by atoms with E-state index in [1.54, 1.807) is 4.90 Å². The lowest BCUT2D eigenvalue weighted by Gasteiger charge is -2.32. The molecule has 0 saturated carbocycles. The van der Waals surface area contributed by atoms with Crippen molar-refractivity contribution in [2.45, 2.75) is 75.8 Å². The number of fused-ring (bicyclic) bond motifs is 2. The fraction of sp³-hybridized carbons (Fsp3) is 0.485. The van der Waals surface area contributed by atoms with E-state index < -0.39 is 69.1 Å². The van der Waals surface area contributed by atoms with Crippen molar-refractivity contribution < 1.29 is 58.7 Å². The Bertz CT molecular complexity index is 1880. The normalized spacial score (nSPS) is 19.0. The number of benzene rings is 2. The molecule has 14 nitrogen and oxygen atoms in total. The highest BCUT2D eigenvalue weighted by molar-refractivity contribution is 6.03. The number of ether oxygens (including phenoxy) is 1. The number of aromatic hydroxyl groups is 1. The van der Waals surface area contributed by atoms with Crippen molar-refractivity contribution in [2.75, 3.05) is 31.3 Å². The standard InChI is InChI=1S/C26H26F2N4O9.C7H12FN/c1-2-3-4-5-8-32-11-40-23-17-21(30-24(41-39)31-22(17)32)19(28)20(29-23)14-10-13(33)9-12-6-7-15(27)18(16(12)14)25(34,35)26(36,37)38;8-6-4-7-2-1-3-9(7)5-6/h6-7,9-10,33-39H,2-5,8,11H2,1H3;6-7H,1-5H2. The summed E-state index contributed by atoms with van der Waals surface area (Å²) in [5.41, 5.74) is -2.79. The summed E-state index contributed by atoms with van der Waals surface area (Å²) in [4.78, 5) is 20.4. The SMILES string of the molecule is CCCCCCN1COc2nc(-c3cc(O)cc4ccc(F)c(C(O)(O)C(O)(O)O)c34)c(F)c3nc(OO)nc1c23.FC1CC2CCCN2C1. The van der Waals surface area contributed by atoms with Gasteiger partial charge in [0.05, 0.1) is 5.56 Å². The van der Waals surface area contributed by atoms with E-state index in [0.717, 1.165) is 56.8 Å². The molecular formula is C33H38F3N5O9. The number of unbranched alkanes of at least 4 members (excludes halogenated alkanes) is 3. The van der Waals surface area contributed by atoms with Crippen LogP contribution < -0.4 is 14.5 Å². The van der Waals surface area contributed by atoms with Crippen LogP contribution >= 0.6 is 0 Å². The van der Waals surface area contributed by atoms with E-state index in [1.807, 2.05) is 0 Å². The van der Waals surface area contributed by atoms with Crippen LogP contribution in [-0.4, -0.2) is 100 Å². The monoisotopic (exact) mass is 705 g/mol. The molecule has 0 spiro atoms. The minimum Gasteiger partial charge on any atom is -0.508 e. The lowest BCUT2D eigenvalue weighted by molar-refractivity contribution is -0.454. The summed E-state index contributed by atoms with van der Waals surface area (Å²) in [5, 5.41) is 68.8. The van der Waals surface area contributed by atoms with E-state index in [0.29, 0.717) is 25.2 Å². The van der Waals surface area contributed by atoms with Crippen molar-refractivity contribution in [2.24, 2.45) is 0 Å². The van der Waals surface area contributed by atoms with Crippen LogP contribution in [0.3, 0.4) is 0 Å². The number of pyridine rings is 1. The number of anilines is 1. The Morgan fingerprint density at radius 3 is 2.50 bits per heavy atom. The van der Waals surface area contributed by atoms with Crippen molar-refractivity contribution in [1.29, 1.82) is 0 Å². The van der Waals surface area contributed by atoms with Gasteiger partial charge in [-0.05, 0) is 55.8 Å². The molecule has 2 saturated heterocycles. The molecule has 0 aliphatic carbocycles. The van der Waals surface area contributed by atoms with Crippen molar-refractivity contribution in [3.63, 3.8) is 0 Å². The number of hydrogen-bond acceptors (Lipinski definition) is 14. The van der Waals surface area contributed by atoms with Gasteiger partial charge in [-0.2, -0.15) is 15.2 Å². The molecule has 0 bridgehead atoms. The van der Waals surface area contributed by atoms with Crippen molar-refractivity contribution in [3.05, 3.63) is 41.5 Å². The van der Waals surface area contributed by atoms with Gasteiger partial charge in [0.25, 0.3) is 5.79 Å². The molecule has 17 heteroatoms. The zero-order valence-corrected chi connectivity index (χ0v) is 27.1. The van der Waals surface area contributed by atoms with Gasteiger partial charge < -0.3 is 40.3 Å².